The molecule has 17 heavy (non-hydrogen) atoms. The van der Waals surface area contributed by atoms with E-state index in [0.717, 1.165) is 6.92 Å². The van der Waals surface area contributed by atoms with Crippen molar-refractivity contribution in [2.24, 2.45) is 0 Å². The molecule has 0 atom stereocenters. The lowest BCUT2D eigenvalue weighted by Crippen LogP contribution is -2.05. The quantitative estimate of drug-likeness (QED) is 0.482. The van der Waals surface area contributed by atoms with E-state index in [0.29, 0.717) is 6.07 Å². The summed E-state index contributed by atoms with van der Waals surface area (Å²) in [5.74, 6) is -0.956. The molecule has 0 radical (unpaired) electrons. The molecular formula is C7H5ClF2N2O4S. The molecule has 0 bridgehead atoms. The van der Waals surface area contributed by atoms with Crippen molar-refractivity contribution < 1.29 is 22.1 Å². The Labute approximate surface area is 98.8 Å². The van der Waals surface area contributed by atoms with Crippen molar-refractivity contribution in [3.8, 4) is 0 Å². The average molecular weight is 287 g/mol. The molecule has 94 valence electrons. The molecule has 0 spiro atoms. The van der Waals surface area contributed by atoms with E-state index >= 15 is 0 Å². The van der Waals surface area contributed by atoms with Crippen LogP contribution >= 0.6 is 10.7 Å². The summed E-state index contributed by atoms with van der Waals surface area (Å²) in [6, 6.07) is 0.523. The smallest absolute Gasteiger partial charge is 0.358 e. The summed E-state index contributed by atoms with van der Waals surface area (Å²) in [6.45, 7) is 1.07. The van der Waals surface area contributed by atoms with Gasteiger partial charge in [0, 0.05) is 16.7 Å². The van der Waals surface area contributed by atoms with Crippen LogP contribution in [0.1, 0.15) is 17.7 Å². The number of aromatic nitrogens is 1. The molecule has 1 heterocycles. The molecule has 0 unspecified atom stereocenters. The fraction of sp³-hybridized carbons (Fsp3) is 0.286. The molecule has 0 amide bonds. The second-order valence-electron chi connectivity index (χ2n) is 2.99. The number of hydrogen-bond donors (Lipinski definition) is 0. The lowest BCUT2D eigenvalue weighted by Gasteiger charge is -2.04. The molecule has 0 fully saturated rings. The Kier molecular flexibility index (Phi) is 3.62. The molecule has 0 aliphatic heterocycles. The van der Waals surface area contributed by atoms with E-state index in [-0.39, 0.29) is 5.56 Å². The van der Waals surface area contributed by atoms with Gasteiger partial charge >= 0.3 is 12.2 Å². The van der Waals surface area contributed by atoms with Crippen LogP contribution in [0.5, 0.6) is 0 Å². The van der Waals surface area contributed by atoms with E-state index in [1.807, 2.05) is 0 Å². The van der Waals surface area contributed by atoms with E-state index < -0.39 is 36.8 Å². The van der Waals surface area contributed by atoms with Gasteiger partial charge in [0.1, 0.15) is 0 Å². The van der Waals surface area contributed by atoms with Crippen molar-refractivity contribution in [3.05, 3.63) is 27.4 Å². The van der Waals surface area contributed by atoms with E-state index in [2.05, 4.69) is 4.98 Å². The lowest BCUT2D eigenvalue weighted by atomic mass is 10.2. The maximum absolute atomic E-state index is 12.4. The highest BCUT2D eigenvalue weighted by molar-refractivity contribution is 8.13. The highest BCUT2D eigenvalue weighted by atomic mass is 35.7. The van der Waals surface area contributed by atoms with Crippen LogP contribution in [0, 0.1) is 17.0 Å². The van der Waals surface area contributed by atoms with Gasteiger partial charge in [-0.25, -0.2) is 17.2 Å². The van der Waals surface area contributed by atoms with Crippen LogP contribution in [0.3, 0.4) is 0 Å². The summed E-state index contributed by atoms with van der Waals surface area (Å²) < 4.78 is 46.9. The van der Waals surface area contributed by atoms with Crippen LogP contribution in [0.4, 0.5) is 14.6 Å². The minimum absolute atomic E-state index is 0.380. The summed E-state index contributed by atoms with van der Waals surface area (Å²) in [5, 5.41) is 10.5. The first-order valence-corrected chi connectivity index (χ1v) is 6.34. The molecule has 1 aromatic rings. The van der Waals surface area contributed by atoms with Crippen molar-refractivity contribution >= 4 is 25.6 Å². The Hall–Kier alpha value is -1.35. The normalized spacial score (nSPS) is 11.8. The predicted octanol–water partition coefficient (Wildman–Crippen LogP) is 2.16. The van der Waals surface area contributed by atoms with E-state index in [1.54, 1.807) is 0 Å². The molecule has 0 aliphatic carbocycles. The molecule has 10 heteroatoms. The molecule has 0 aromatic carbocycles. The van der Waals surface area contributed by atoms with Gasteiger partial charge in [-0.2, -0.15) is 0 Å². The van der Waals surface area contributed by atoms with Crippen molar-refractivity contribution in [1.29, 1.82) is 0 Å². The number of nitro groups is 1. The average Bonchev–Trinajstić information content (AvgIpc) is 2.15. The first-order chi connectivity index (χ1) is 7.64. The standard InChI is InChI=1S/C7H5ClF2N2O4S/c1-3-5(17(8,15)16)2-4(6(9)10)11-7(3)12(13)14/h2,6H,1H3. The third-order valence-electron chi connectivity index (χ3n) is 1.88. The van der Waals surface area contributed by atoms with Gasteiger partial charge in [0.05, 0.1) is 10.5 Å². The summed E-state index contributed by atoms with van der Waals surface area (Å²) in [7, 11) is 0.643. The summed E-state index contributed by atoms with van der Waals surface area (Å²) in [4.78, 5) is 11.8. The number of pyridine rings is 1. The number of halogens is 3. The second-order valence-corrected chi connectivity index (χ2v) is 5.52. The molecule has 6 nitrogen and oxygen atoms in total. The van der Waals surface area contributed by atoms with Crippen molar-refractivity contribution in [1.82, 2.24) is 4.98 Å². The van der Waals surface area contributed by atoms with Crippen LogP contribution in [0.25, 0.3) is 0 Å². The lowest BCUT2D eigenvalue weighted by molar-refractivity contribution is -0.390. The summed E-state index contributed by atoms with van der Waals surface area (Å²) in [5.41, 5.74) is -1.39. The van der Waals surface area contributed by atoms with Gasteiger partial charge in [-0.05, 0) is 16.8 Å². The number of nitrogens with zero attached hydrogens (tertiary/aromatic N) is 2. The maximum Gasteiger partial charge on any atom is 0.368 e. The first-order valence-electron chi connectivity index (χ1n) is 4.03. The predicted molar refractivity (Wildman–Crippen MR) is 53.6 cm³/mol. The van der Waals surface area contributed by atoms with Crippen LogP contribution in [0.2, 0.25) is 0 Å². The summed E-state index contributed by atoms with van der Waals surface area (Å²) >= 11 is 0. The molecule has 0 saturated heterocycles. The van der Waals surface area contributed by atoms with E-state index in [9.17, 15) is 27.3 Å². The van der Waals surface area contributed by atoms with Crippen LogP contribution in [0.15, 0.2) is 11.0 Å². The third-order valence-corrected chi connectivity index (χ3v) is 3.33. The highest BCUT2D eigenvalue weighted by Crippen LogP contribution is 2.30. The SMILES string of the molecule is Cc1c(S(=O)(=O)Cl)cc(C(F)F)nc1[N+](=O)[O-]. The fourth-order valence-corrected chi connectivity index (χ4v) is 2.33. The van der Waals surface area contributed by atoms with Gasteiger partial charge in [-0.1, -0.05) is 0 Å². The molecular weight excluding hydrogens is 282 g/mol. The van der Waals surface area contributed by atoms with Crippen LogP contribution in [-0.4, -0.2) is 18.3 Å². The number of rotatable bonds is 3. The van der Waals surface area contributed by atoms with Crippen molar-refractivity contribution in [2.75, 3.05) is 0 Å². The third kappa shape index (κ3) is 2.86. The molecule has 1 rings (SSSR count). The van der Waals surface area contributed by atoms with Crippen molar-refractivity contribution in [3.63, 3.8) is 0 Å². The molecule has 0 saturated carbocycles. The monoisotopic (exact) mass is 286 g/mol. The van der Waals surface area contributed by atoms with Crippen LogP contribution in [-0.2, 0) is 9.05 Å². The molecule has 0 N–H and O–H groups in total. The zero-order valence-electron chi connectivity index (χ0n) is 8.22. The maximum atomic E-state index is 12.4. The molecule has 1 aromatic heterocycles. The first kappa shape index (κ1) is 13.7. The van der Waals surface area contributed by atoms with Gasteiger partial charge in [0.15, 0.2) is 0 Å². The van der Waals surface area contributed by atoms with Gasteiger partial charge in [-0.3, -0.25) is 0 Å². The minimum Gasteiger partial charge on any atom is -0.358 e. The Morgan fingerprint density at radius 1 is 1.53 bits per heavy atom. The molecule has 0 aliphatic rings. The Balaban J connectivity index is 3.67. The van der Waals surface area contributed by atoms with E-state index in [4.69, 9.17) is 10.7 Å². The Morgan fingerprint density at radius 3 is 2.41 bits per heavy atom. The number of alkyl halides is 2. The zero-order valence-corrected chi connectivity index (χ0v) is 9.80. The topological polar surface area (TPSA) is 90.2 Å². The second kappa shape index (κ2) is 4.49. The van der Waals surface area contributed by atoms with Gasteiger partial charge in [0.25, 0.3) is 9.05 Å². The summed E-state index contributed by atoms with van der Waals surface area (Å²) in [6.07, 6.45) is -3.13. The minimum atomic E-state index is -4.35. The van der Waals surface area contributed by atoms with Crippen molar-refractivity contribution in [2.45, 2.75) is 18.2 Å². The van der Waals surface area contributed by atoms with Gasteiger partial charge in [0.2, 0.25) is 5.69 Å². The largest absolute Gasteiger partial charge is 0.368 e. The zero-order chi connectivity index (χ0) is 13.4. The van der Waals surface area contributed by atoms with Gasteiger partial charge < -0.3 is 10.1 Å². The van der Waals surface area contributed by atoms with Crippen LogP contribution < -0.4 is 0 Å². The Morgan fingerprint density at radius 2 is 2.06 bits per heavy atom. The Bertz CT molecular complexity index is 575. The number of hydrogen-bond acceptors (Lipinski definition) is 5. The van der Waals surface area contributed by atoms with Gasteiger partial charge in [-0.15, -0.1) is 0 Å². The van der Waals surface area contributed by atoms with E-state index in [1.165, 1.54) is 0 Å². The fourth-order valence-electron chi connectivity index (χ4n) is 1.13. The highest BCUT2D eigenvalue weighted by Gasteiger charge is 2.28.